The fourth-order valence-corrected chi connectivity index (χ4v) is 3.36. The maximum atomic E-state index is 12.2. The zero-order valence-electron chi connectivity index (χ0n) is 14.4. The molecular weight excluding hydrogens is 312 g/mol. The third-order valence-electron chi connectivity index (χ3n) is 3.97. The van der Waals surface area contributed by atoms with Crippen LogP contribution >= 0.6 is 11.3 Å². The number of H-pyrrole nitrogens is 1. The normalized spacial score (nSPS) is 11.4. The highest BCUT2D eigenvalue weighted by Crippen LogP contribution is 2.25. The van der Waals surface area contributed by atoms with Gasteiger partial charge in [-0.15, -0.1) is 11.3 Å². The lowest BCUT2D eigenvalue weighted by molar-refractivity contribution is -0.130. The average molecular weight is 336 g/mol. The first-order valence-corrected chi connectivity index (χ1v) is 8.49. The fraction of sp³-hybridized carbons (Fsp3) is 0.562. The molecule has 0 bridgehead atoms. The number of thiophene rings is 1. The maximum Gasteiger partial charge on any atom is 0.259 e. The van der Waals surface area contributed by atoms with Crippen LogP contribution in [-0.2, 0) is 11.2 Å². The van der Waals surface area contributed by atoms with Crippen molar-refractivity contribution in [1.29, 1.82) is 0 Å². The molecule has 0 aliphatic rings. The molecule has 1 N–H and O–H groups in total. The molecule has 0 radical (unpaired) electrons. The topological polar surface area (TPSA) is 69.3 Å². The second-order valence-corrected chi connectivity index (χ2v) is 7.30. The summed E-state index contributed by atoms with van der Waals surface area (Å²) in [6, 6.07) is 0. The van der Waals surface area contributed by atoms with Crippen molar-refractivity contribution >= 4 is 27.5 Å². The summed E-state index contributed by atoms with van der Waals surface area (Å²) < 4.78 is 0. The Labute approximate surface area is 140 Å². The van der Waals surface area contributed by atoms with Gasteiger partial charge in [-0.3, -0.25) is 9.59 Å². The van der Waals surface area contributed by atoms with Gasteiger partial charge in [-0.25, -0.2) is 4.98 Å². The van der Waals surface area contributed by atoms with Gasteiger partial charge < -0.3 is 14.8 Å². The van der Waals surface area contributed by atoms with Gasteiger partial charge in [0, 0.05) is 37.9 Å². The first kappa shape index (κ1) is 17.6. The van der Waals surface area contributed by atoms with Crippen LogP contribution < -0.4 is 5.56 Å². The second kappa shape index (κ2) is 7.23. The highest BCUT2D eigenvalue weighted by molar-refractivity contribution is 7.18. The first-order valence-electron chi connectivity index (χ1n) is 7.67. The van der Waals surface area contributed by atoms with Crippen molar-refractivity contribution in [3.63, 3.8) is 0 Å². The summed E-state index contributed by atoms with van der Waals surface area (Å²) in [5, 5.41) is 0.672. The predicted molar refractivity (Wildman–Crippen MR) is 94.2 cm³/mol. The average Bonchev–Trinajstić information content (AvgIpc) is 2.77. The standard InChI is InChI=1S/C16H24N4O2S/c1-10-11(2)23-16-14(10)15(22)17-12(18-16)6-7-13(21)20(5)9-8-19(3)4/h6-9H2,1-5H3,(H,17,18,22). The lowest BCUT2D eigenvalue weighted by Crippen LogP contribution is -2.33. The van der Waals surface area contributed by atoms with E-state index in [9.17, 15) is 9.59 Å². The van der Waals surface area contributed by atoms with Crippen LogP contribution in [0.5, 0.6) is 0 Å². The molecule has 0 saturated heterocycles. The van der Waals surface area contributed by atoms with Crippen LogP contribution in [-0.4, -0.2) is 59.9 Å². The highest BCUT2D eigenvalue weighted by atomic mass is 32.1. The van der Waals surface area contributed by atoms with Gasteiger partial charge in [0.2, 0.25) is 5.91 Å². The molecule has 0 aliphatic carbocycles. The third-order valence-corrected chi connectivity index (χ3v) is 5.07. The fourth-order valence-electron chi connectivity index (χ4n) is 2.31. The number of hydrogen-bond donors (Lipinski definition) is 1. The summed E-state index contributed by atoms with van der Waals surface area (Å²) in [7, 11) is 5.76. The summed E-state index contributed by atoms with van der Waals surface area (Å²) >= 11 is 1.53. The molecular formula is C16H24N4O2S. The minimum atomic E-state index is -0.111. The number of nitrogens with zero attached hydrogens (tertiary/aromatic N) is 3. The molecule has 2 aromatic rings. The van der Waals surface area contributed by atoms with Gasteiger partial charge in [-0.2, -0.15) is 0 Å². The van der Waals surface area contributed by atoms with Gasteiger partial charge >= 0.3 is 0 Å². The van der Waals surface area contributed by atoms with Gasteiger partial charge in [0.15, 0.2) is 0 Å². The molecule has 0 fully saturated rings. The molecule has 0 saturated carbocycles. The molecule has 0 unspecified atom stereocenters. The van der Waals surface area contributed by atoms with Crippen molar-refractivity contribution in [2.24, 2.45) is 0 Å². The minimum Gasteiger partial charge on any atom is -0.344 e. The van der Waals surface area contributed by atoms with Gasteiger partial charge in [-0.05, 0) is 33.5 Å². The lowest BCUT2D eigenvalue weighted by atomic mass is 10.2. The van der Waals surface area contributed by atoms with Crippen molar-refractivity contribution in [3.05, 3.63) is 26.6 Å². The summed E-state index contributed by atoms with van der Waals surface area (Å²) in [5.41, 5.74) is 0.880. The van der Waals surface area contributed by atoms with Crippen molar-refractivity contribution in [3.8, 4) is 0 Å². The Morgan fingerprint density at radius 1 is 1.22 bits per heavy atom. The number of carbonyl (C=O) groups is 1. The van der Waals surface area contributed by atoms with E-state index in [4.69, 9.17) is 0 Å². The largest absolute Gasteiger partial charge is 0.344 e. The number of amides is 1. The van der Waals surface area contributed by atoms with Crippen molar-refractivity contribution in [2.75, 3.05) is 34.2 Å². The zero-order chi connectivity index (χ0) is 17.1. The van der Waals surface area contributed by atoms with E-state index in [2.05, 4.69) is 9.97 Å². The Morgan fingerprint density at radius 2 is 1.91 bits per heavy atom. The summed E-state index contributed by atoms with van der Waals surface area (Å²) in [4.78, 5) is 37.3. The molecule has 2 aromatic heterocycles. The van der Waals surface area contributed by atoms with Crippen LogP contribution in [0.1, 0.15) is 22.7 Å². The minimum absolute atomic E-state index is 0.0631. The van der Waals surface area contributed by atoms with E-state index in [0.717, 1.165) is 21.8 Å². The lowest BCUT2D eigenvalue weighted by Gasteiger charge is -2.19. The van der Waals surface area contributed by atoms with E-state index in [1.165, 1.54) is 11.3 Å². The molecule has 23 heavy (non-hydrogen) atoms. The molecule has 1 amide bonds. The molecule has 0 aliphatic heterocycles. The van der Waals surface area contributed by atoms with Crippen LogP contribution in [0.4, 0.5) is 0 Å². The molecule has 2 heterocycles. The quantitative estimate of drug-likeness (QED) is 0.869. The number of carbonyl (C=O) groups excluding carboxylic acids is 1. The summed E-state index contributed by atoms with van der Waals surface area (Å²) in [6.45, 7) is 5.45. The summed E-state index contributed by atoms with van der Waals surface area (Å²) in [6.07, 6.45) is 0.800. The van der Waals surface area contributed by atoms with Crippen LogP contribution in [0.2, 0.25) is 0 Å². The molecule has 0 aromatic carbocycles. The number of aromatic nitrogens is 2. The highest BCUT2D eigenvalue weighted by Gasteiger charge is 2.14. The first-order chi connectivity index (χ1) is 10.8. The number of aryl methyl sites for hydroxylation is 3. The van der Waals surface area contributed by atoms with Gasteiger partial charge in [-0.1, -0.05) is 0 Å². The number of likely N-dealkylation sites (N-methyl/N-ethyl adjacent to an activating group) is 2. The van der Waals surface area contributed by atoms with Crippen LogP contribution in [0, 0.1) is 13.8 Å². The Balaban J connectivity index is 2.05. The zero-order valence-corrected chi connectivity index (χ0v) is 15.2. The molecule has 2 rings (SSSR count). The van der Waals surface area contributed by atoms with Crippen LogP contribution in [0.15, 0.2) is 4.79 Å². The van der Waals surface area contributed by atoms with Crippen LogP contribution in [0.25, 0.3) is 10.2 Å². The van der Waals surface area contributed by atoms with E-state index in [0.29, 0.717) is 30.6 Å². The number of rotatable bonds is 6. The molecule has 0 spiro atoms. The van der Waals surface area contributed by atoms with Crippen molar-refractivity contribution in [2.45, 2.75) is 26.7 Å². The maximum absolute atomic E-state index is 12.2. The number of aromatic amines is 1. The van der Waals surface area contributed by atoms with Gasteiger partial charge in [0.25, 0.3) is 5.56 Å². The van der Waals surface area contributed by atoms with Gasteiger partial charge in [0.05, 0.1) is 5.39 Å². The summed E-state index contributed by atoms with van der Waals surface area (Å²) in [5.74, 6) is 0.645. The Hall–Kier alpha value is -1.73. The SMILES string of the molecule is Cc1sc2nc(CCC(=O)N(C)CCN(C)C)[nH]c(=O)c2c1C. The van der Waals surface area contributed by atoms with Crippen molar-refractivity contribution in [1.82, 2.24) is 19.8 Å². The van der Waals surface area contributed by atoms with E-state index in [-0.39, 0.29) is 11.5 Å². The van der Waals surface area contributed by atoms with Gasteiger partial charge in [0.1, 0.15) is 10.7 Å². The van der Waals surface area contributed by atoms with E-state index >= 15 is 0 Å². The Kier molecular flexibility index (Phi) is 5.54. The van der Waals surface area contributed by atoms with Crippen molar-refractivity contribution < 1.29 is 4.79 Å². The smallest absolute Gasteiger partial charge is 0.259 e. The second-order valence-electron chi connectivity index (χ2n) is 6.09. The Morgan fingerprint density at radius 3 is 2.57 bits per heavy atom. The van der Waals surface area contributed by atoms with E-state index in [1.807, 2.05) is 32.8 Å². The molecule has 126 valence electrons. The van der Waals surface area contributed by atoms with E-state index in [1.54, 1.807) is 11.9 Å². The number of fused-ring (bicyclic) bond motifs is 1. The molecule has 0 atom stereocenters. The molecule has 6 nitrogen and oxygen atoms in total. The number of hydrogen-bond acceptors (Lipinski definition) is 5. The molecule has 7 heteroatoms. The Bertz CT molecular complexity index is 763. The predicted octanol–water partition coefficient (Wildman–Crippen LogP) is 1.55. The van der Waals surface area contributed by atoms with E-state index < -0.39 is 0 Å². The van der Waals surface area contributed by atoms with Crippen LogP contribution in [0.3, 0.4) is 0 Å². The number of nitrogens with one attached hydrogen (secondary N) is 1. The third kappa shape index (κ3) is 4.17. The monoisotopic (exact) mass is 336 g/mol.